The quantitative estimate of drug-likeness (QED) is 0.903. The van der Waals surface area contributed by atoms with Crippen LogP contribution in [-0.2, 0) is 0 Å². The highest BCUT2D eigenvalue weighted by Gasteiger charge is 2.16. The van der Waals surface area contributed by atoms with Crippen LogP contribution in [0.2, 0.25) is 0 Å². The van der Waals surface area contributed by atoms with Crippen LogP contribution in [0.1, 0.15) is 31.8 Å². The number of aryl methyl sites for hydroxylation is 1. The van der Waals surface area contributed by atoms with Crippen LogP contribution in [0, 0.1) is 18.3 Å². The second kappa shape index (κ2) is 6.62. The molecular formula is C17H15N3O3. The predicted octanol–water partition coefficient (Wildman–Crippen LogP) is 2.23. The van der Waals surface area contributed by atoms with Gasteiger partial charge in [-0.15, -0.1) is 0 Å². The highest BCUT2D eigenvalue weighted by Crippen LogP contribution is 2.29. The molecule has 23 heavy (non-hydrogen) atoms. The standard InChI is InChI=1S/C17H15N3O3/c1-10-8-11(9-18)6-7-12(10)17(22)20-14-5-3-4-13(16(19)21)15(14)23-2/h3-8H,1-2H3,(H2,19,21)(H,20,22). The first-order valence-electron chi connectivity index (χ1n) is 6.76. The first-order chi connectivity index (χ1) is 11.0. The molecule has 0 heterocycles. The minimum atomic E-state index is -0.646. The number of carbonyl (C=O) groups is 2. The molecule has 3 N–H and O–H groups in total. The smallest absolute Gasteiger partial charge is 0.256 e. The highest BCUT2D eigenvalue weighted by atomic mass is 16.5. The molecule has 0 radical (unpaired) electrons. The van der Waals surface area contributed by atoms with Gasteiger partial charge in [0.25, 0.3) is 11.8 Å². The maximum absolute atomic E-state index is 12.4. The van der Waals surface area contributed by atoms with E-state index in [-0.39, 0.29) is 17.2 Å². The summed E-state index contributed by atoms with van der Waals surface area (Å²) in [4.78, 5) is 23.8. The number of hydrogen-bond acceptors (Lipinski definition) is 4. The zero-order valence-electron chi connectivity index (χ0n) is 12.7. The van der Waals surface area contributed by atoms with Gasteiger partial charge in [0.1, 0.15) is 0 Å². The zero-order chi connectivity index (χ0) is 17.0. The Hall–Kier alpha value is -3.33. The maximum atomic E-state index is 12.4. The molecule has 0 fully saturated rings. The average Bonchev–Trinajstić information content (AvgIpc) is 2.54. The number of benzene rings is 2. The molecule has 6 nitrogen and oxygen atoms in total. The van der Waals surface area contributed by atoms with Gasteiger partial charge in [-0.2, -0.15) is 5.26 Å². The number of methoxy groups -OCH3 is 1. The van der Waals surface area contributed by atoms with Crippen LogP contribution in [0.5, 0.6) is 5.75 Å². The molecule has 2 amide bonds. The molecule has 116 valence electrons. The lowest BCUT2D eigenvalue weighted by atomic mass is 10.0. The van der Waals surface area contributed by atoms with Crippen molar-refractivity contribution in [2.24, 2.45) is 5.73 Å². The Balaban J connectivity index is 2.36. The van der Waals surface area contributed by atoms with Crippen LogP contribution in [-0.4, -0.2) is 18.9 Å². The summed E-state index contributed by atoms with van der Waals surface area (Å²) >= 11 is 0. The van der Waals surface area contributed by atoms with Crippen LogP contribution >= 0.6 is 0 Å². The van der Waals surface area contributed by atoms with E-state index in [1.54, 1.807) is 37.3 Å². The summed E-state index contributed by atoms with van der Waals surface area (Å²) in [7, 11) is 1.39. The van der Waals surface area contributed by atoms with E-state index in [0.29, 0.717) is 22.4 Å². The maximum Gasteiger partial charge on any atom is 0.256 e. The Morgan fingerprint density at radius 1 is 1.22 bits per heavy atom. The van der Waals surface area contributed by atoms with E-state index in [4.69, 9.17) is 15.7 Å². The molecule has 0 saturated carbocycles. The molecule has 0 atom stereocenters. The average molecular weight is 309 g/mol. The lowest BCUT2D eigenvalue weighted by Gasteiger charge is -2.13. The number of nitriles is 1. The van der Waals surface area contributed by atoms with E-state index in [1.807, 2.05) is 6.07 Å². The van der Waals surface area contributed by atoms with Gasteiger partial charge in [-0.1, -0.05) is 6.07 Å². The van der Waals surface area contributed by atoms with Gasteiger partial charge in [-0.05, 0) is 42.8 Å². The van der Waals surface area contributed by atoms with Crippen molar-refractivity contribution in [3.8, 4) is 11.8 Å². The molecule has 2 aromatic rings. The molecule has 0 spiro atoms. The van der Waals surface area contributed by atoms with E-state index in [0.717, 1.165) is 0 Å². The summed E-state index contributed by atoms with van der Waals surface area (Å²) in [5.74, 6) is -0.806. The Kier molecular flexibility index (Phi) is 4.62. The molecule has 0 unspecified atom stereocenters. The number of nitrogens with one attached hydrogen (secondary N) is 1. The Morgan fingerprint density at radius 2 is 1.96 bits per heavy atom. The van der Waals surface area contributed by atoms with E-state index >= 15 is 0 Å². The van der Waals surface area contributed by atoms with Crippen molar-refractivity contribution in [3.05, 3.63) is 58.7 Å². The van der Waals surface area contributed by atoms with E-state index in [1.165, 1.54) is 13.2 Å². The van der Waals surface area contributed by atoms with Crippen molar-refractivity contribution in [2.75, 3.05) is 12.4 Å². The van der Waals surface area contributed by atoms with Crippen LogP contribution in [0.15, 0.2) is 36.4 Å². The number of nitrogens with zero attached hydrogens (tertiary/aromatic N) is 1. The zero-order valence-corrected chi connectivity index (χ0v) is 12.7. The lowest BCUT2D eigenvalue weighted by Crippen LogP contribution is -2.17. The number of hydrogen-bond donors (Lipinski definition) is 2. The number of primary amides is 1. The van der Waals surface area contributed by atoms with E-state index < -0.39 is 5.91 Å². The number of rotatable bonds is 4. The fourth-order valence-electron chi connectivity index (χ4n) is 2.23. The summed E-state index contributed by atoms with van der Waals surface area (Å²) < 4.78 is 5.18. The first-order valence-corrected chi connectivity index (χ1v) is 6.76. The number of para-hydroxylation sites is 1. The molecular weight excluding hydrogens is 294 g/mol. The van der Waals surface area contributed by atoms with Gasteiger partial charge < -0.3 is 15.8 Å². The molecule has 0 saturated heterocycles. The van der Waals surface area contributed by atoms with Crippen LogP contribution in [0.4, 0.5) is 5.69 Å². The third-order valence-corrected chi connectivity index (χ3v) is 3.33. The van der Waals surface area contributed by atoms with Crippen molar-refractivity contribution in [1.82, 2.24) is 0 Å². The van der Waals surface area contributed by atoms with Crippen LogP contribution in [0.3, 0.4) is 0 Å². The van der Waals surface area contributed by atoms with Crippen molar-refractivity contribution in [1.29, 1.82) is 5.26 Å². The number of amides is 2. The van der Waals surface area contributed by atoms with Gasteiger partial charge in [0.2, 0.25) is 0 Å². The highest BCUT2D eigenvalue weighted by molar-refractivity contribution is 6.07. The number of nitrogens with two attached hydrogens (primary N) is 1. The van der Waals surface area contributed by atoms with Crippen LogP contribution in [0.25, 0.3) is 0 Å². The van der Waals surface area contributed by atoms with Gasteiger partial charge in [0.15, 0.2) is 5.75 Å². The summed E-state index contributed by atoms with van der Waals surface area (Å²) in [6.07, 6.45) is 0. The first kappa shape index (κ1) is 16.0. The SMILES string of the molecule is COc1c(NC(=O)c2ccc(C#N)cc2C)cccc1C(N)=O. The minimum absolute atomic E-state index is 0.182. The minimum Gasteiger partial charge on any atom is -0.494 e. The fraction of sp³-hybridized carbons (Fsp3) is 0.118. The number of carbonyl (C=O) groups excluding carboxylic acids is 2. The third-order valence-electron chi connectivity index (χ3n) is 3.33. The van der Waals surface area contributed by atoms with Crippen LogP contribution < -0.4 is 15.8 Å². The number of anilines is 1. The van der Waals surface area contributed by atoms with Crippen molar-refractivity contribution < 1.29 is 14.3 Å². The lowest BCUT2D eigenvalue weighted by molar-refractivity contribution is 0.0993. The molecule has 0 aliphatic rings. The van der Waals surface area contributed by atoms with E-state index in [9.17, 15) is 9.59 Å². The monoisotopic (exact) mass is 309 g/mol. The van der Waals surface area contributed by atoms with Gasteiger partial charge in [-0.3, -0.25) is 9.59 Å². The van der Waals surface area contributed by atoms with Crippen molar-refractivity contribution in [2.45, 2.75) is 6.92 Å². The Bertz CT molecular complexity index is 822. The summed E-state index contributed by atoms with van der Waals surface area (Å²) in [5.41, 5.74) is 7.40. The fourth-order valence-corrected chi connectivity index (χ4v) is 2.23. The van der Waals surface area contributed by atoms with E-state index in [2.05, 4.69) is 5.32 Å². The van der Waals surface area contributed by atoms with Gasteiger partial charge in [-0.25, -0.2) is 0 Å². The topological polar surface area (TPSA) is 105 Å². The summed E-state index contributed by atoms with van der Waals surface area (Å²) in [5, 5.41) is 11.6. The second-order valence-corrected chi connectivity index (χ2v) is 4.85. The molecule has 0 bridgehead atoms. The normalized spacial score (nSPS) is 9.78. The van der Waals surface area contributed by atoms with Crippen molar-refractivity contribution in [3.63, 3.8) is 0 Å². The largest absolute Gasteiger partial charge is 0.494 e. The molecule has 0 aromatic heterocycles. The summed E-state index contributed by atoms with van der Waals surface area (Å²) in [6, 6.07) is 11.5. The Labute approximate surface area is 133 Å². The molecule has 0 aliphatic heterocycles. The van der Waals surface area contributed by atoms with Gasteiger partial charge >= 0.3 is 0 Å². The molecule has 2 rings (SSSR count). The Morgan fingerprint density at radius 3 is 2.52 bits per heavy atom. The molecule has 6 heteroatoms. The van der Waals surface area contributed by atoms with Gasteiger partial charge in [0, 0.05) is 5.56 Å². The predicted molar refractivity (Wildman–Crippen MR) is 85.4 cm³/mol. The van der Waals surface area contributed by atoms with Crippen molar-refractivity contribution >= 4 is 17.5 Å². The second-order valence-electron chi connectivity index (χ2n) is 4.85. The molecule has 0 aliphatic carbocycles. The number of ether oxygens (including phenoxy) is 1. The summed E-state index contributed by atoms with van der Waals surface area (Å²) in [6.45, 7) is 1.74. The van der Waals surface area contributed by atoms with Gasteiger partial charge in [0.05, 0.1) is 30.0 Å². The third kappa shape index (κ3) is 3.30. The molecule has 2 aromatic carbocycles.